The zero-order valence-corrected chi connectivity index (χ0v) is 16.6. The number of thiazole rings is 1. The van der Waals surface area contributed by atoms with Crippen molar-refractivity contribution in [2.24, 2.45) is 0 Å². The minimum atomic E-state index is -3.43. The molecule has 0 aliphatic heterocycles. The maximum absolute atomic E-state index is 12.3. The van der Waals surface area contributed by atoms with Crippen molar-refractivity contribution in [3.05, 3.63) is 57.9 Å². The van der Waals surface area contributed by atoms with Crippen molar-refractivity contribution in [1.82, 2.24) is 9.71 Å². The molecule has 0 fully saturated rings. The summed E-state index contributed by atoms with van der Waals surface area (Å²) in [4.78, 5) is 5.68. The Hall–Kier alpha value is -1.54. The molecule has 2 heterocycles. The molecule has 0 unspecified atom stereocenters. The number of aromatic nitrogens is 1. The first kappa shape index (κ1) is 18.3. The van der Waals surface area contributed by atoms with Crippen molar-refractivity contribution in [3.63, 3.8) is 0 Å². The van der Waals surface area contributed by atoms with Gasteiger partial charge in [-0.25, -0.2) is 18.1 Å². The molecule has 0 amide bonds. The Labute approximate surface area is 156 Å². The standard InChI is InChI=1S/C18H20N2O2S3/c1-3-16-8-9-17(24-16)25(21,22)19-11-10-15-12-23-18(20-15)14-6-4-13(2)5-7-14/h4-9,12,19H,3,10-11H2,1-2H3. The normalized spacial score (nSPS) is 11.8. The predicted molar refractivity (Wildman–Crippen MR) is 105 cm³/mol. The van der Waals surface area contributed by atoms with Crippen LogP contribution >= 0.6 is 22.7 Å². The van der Waals surface area contributed by atoms with Gasteiger partial charge in [0, 0.05) is 28.8 Å². The summed E-state index contributed by atoms with van der Waals surface area (Å²) in [5, 5.41) is 2.95. The Kier molecular flexibility index (Phi) is 5.68. The number of aryl methyl sites for hydroxylation is 2. The van der Waals surface area contributed by atoms with Gasteiger partial charge in [-0.15, -0.1) is 22.7 Å². The van der Waals surface area contributed by atoms with Gasteiger partial charge < -0.3 is 0 Å². The number of hydrogen-bond acceptors (Lipinski definition) is 5. The molecule has 25 heavy (non-hydrogen) atoms. The first-order chi connectivity index (χ1) is 12.0. The largest absolute Gasteiger partial charge is 0.250 e. The Morgan fingerprint density at radius 1 is 1.12 bits per heavy atom. The molecule has 1 aromatic carbocycles. The maximum atomic E-state index is 12.3. The van der Waals surface area contributed by atoms with Gasteiger partial charge in [-0.05, 0) is 25.5 Å². The molecule has 7 heteroatoms. The summed E-state index contributed by atoms with van der Waals surface area (Å²) in [6.45, 7) is 4.42. The van der Waals surface area contributed by atoms with E-state index in [9.17, 15) is 8.42 Å². The van der Waals surface area contributed by atoms with Gasteiger partial charge in [-0.3, -0.25) is 0 Å². The number of nitrogens with one attached hydrogen (secondary N) is 1. The molecule has 4 nitrogen and oxygen atoms in total. The van der Waals surface area contributed by atoms with Crippen LogP contribution in [0.2, 0.25) is 0 Å². The third-order valence-corrected chi connectivity index (χ3v) is 7.90. The summed E-state index contributed by atoms with van der Waals surface area (Å²) in [5.74, 6) is 0. The molecular weight excluding hydrogens is 372 g/mol. The highest BCUT2D eigenvalue weighted by Crippen LogP contribution is 2.24. The highest BCUT2D eigenvalue weighted by atomic mass is 32.2. The molecule has 0 aliphatic carbocycles. The molecule has 0 bridgehead atoms. The number of hydrogen-bond donors (Lipinski definition) is 1. The van der Waals surface area contributed by atoms with E-state index >= 15 is 0 Å². The van der Waals surface area contributed by atoms with Crippen molar-refractivity contribution in [2.75, 3.05) is 6.54 Å². The van der Waals surface area contributed by atoms with Crippen molar-refractivity contribution in [3.8, 4) is 10.6 Å². The molecule has 3 rings (SSSR count). The zero-order valence-electron chi connectivity index (χ0n) is 14.2. The number of sulfonamides is 1. The molecule has 0 saturated heterocycles. The second-order valence-electron chi connectivity index (χ2n) is 5.73. The van der Waals surface area contributed by atoms with E-state index < -0.39 is 10.0 Å². The highest BCUT2D eigenvalue weighted by molar-refractivity contribution is 7.91. The van der Waals surface area contributed by atoms with E-state index in [1.54, 1.807) is 17.4 Å². The quantitative estimate of drug-likeness (QED) is 0.653. The Morgan fingerprint density at radius 3 is 2.56 bits per heavy atom. The van der Waals surface area contributed by atoms with Gasteiger partial charge in [0.15, 0.2) is 0 Å². The molecule has 0 saturated carbocycles. The Bertz CT molecular complexity index is 941. The first-order valence-electron chi connectivity index (χ1n) is 8.08. The van der Waals surface area contributed by atoms with Crippen molar-refractivity contribution in [1.29, 1.82) is 0 Å². The van der Waals surface area contributed by atoms with Gasteiger partial charge in [-0.2, -0.15) is 0 Å². The highest BCUT2D eigenvalue weighted by Gasteiger charge is 2.16. The predicted octanol–water partition coefficient (Wildman–Crippen LogP) is 4.26. The Balaban J connectivity index is 1.60. The SMILES string of the molecule is CCc1ccc(S(=O)(=O)NCCc2csc(-c3ccc(C)cc3)n2)s1. The number of rotatable bonds is 7. The fourth-order valence-corrected chi connectivity index (χ4v) is 5.56. The van der Waals surface area contributed by atoms with Gasteiger partial charge >= 0.3 is 0 Å². The lowest BCUT2D eigenvalue weighted by Crippen LogP contribution is -2.25. The van der Waals surface area contributed by atoms with E-state index in [0.29, 0.717) is 17.2 Å². The molecule has 1 N–H and O–H groups in total. The van der Waals surface area contributed by atoms with Crippen LogP contribution in [-0.4, -0.2) is 19.9 Å². The zero-order chi connectivity index (χ0) is 17.9. The van der Waals surface area contributed by atoms with Gasteiger partial charge in [0.2, 0.25) is 10.0 Å². The van der Waals surface area contributed by atoms with Crippen molar-refractivity contribution < 1.29 is 8.42 Å². The molecule has 2 aromatic heterocycles. The smallest absolute Gasteiger partial charge is 0.241 e. The average Bonchev–Trinajstić information content (AvgIpc) is 3.25. The van der Waals surface area contributed by atoms with Gasteiger partial charge in [-0.1, -0.05) is 36.8 Å². The molecule has 0 atom stereocenters. The summed E-state index contributed by atoms with van der Waals surface area (Å²) in [7, 11) is -3.43. The molecule has 0 aliphatic rings. The van der Waals surface area contributed by atoms with Crippen LogP contribution in [0.5, 0.6) is 0 Å². The van der Waals surface area contributed by atoms with Gasteiger partial charge in [0.25, 0.3) is 0 Å². The Morgan fingerprint density at radius 2 is 1.88 bits per heavy atom. The topological polar surface area (TPSA) is 59.1 Å². The van der Waals surface area contributed by atoms with Crippen LogP contribution in [0.3, 0.4) is 0 Å². The van der Waals surface area contributed by atoms with E-state index in [1.165, 1.54) is 16.9 Å². The lowest BCUT2D eigenvalue weighted by Gasteiger charge is -2.03. The summed E-state index contributed by atoms with van der Waals surface area (Å²) in [5.41, 5.74) is 3.21. The minimum absolute atomic E-state index is 0.346. The monoisotopic (exact) mass is 392 g/mol. The van der Waals surface area contributed by atoms with E-state index in [0.717, 1.165) is 27.6 Å². The van der Waals surface area contributed by atoms with Gasteiger partial charge in [0.1, 0.15) is 9.22 Å². The van der Waals surface area contributed by atoms with E-state index in [4.69, 9.17) is 0 Å². The van der Waals surface area contributed by atoms with Crippen LogP contribution < -0.4 is 4.72 Å². The second-order valence-corrected chi connectivity index (χ2v) is 9.75. The third-order valence-electron chi connectivity index (χ3n) is 3.77. The minimum Gasteiger partial charge on any atom is -0.241 e. The molecule has 0 radical (unpaired) electrons. The van der Waals surface area contributed by atoms with Crippen molar-refractivity contribution in [2.45, 2.75) is 30.9 Å². The van der Waals surface area contributed by atoms with E-state index in [1.807, 2.05) is 18.4 Å². The maximum Gasteiger partial charge on any atom is 0.250 e. The average molecular weight is 393 g/mol. The summed E-state index contributed by atoms with van der Waals surface area (Å²) in [6.07, 6.45) is 1.42. The lowest BCUT2D eigenvalue weighted by atomic mass is 10.2. The van der Waals surface area contributed by atoms with Crippen LogP contribution in [0.15, 0.2) is 46.0 Å². The molecule has 0 spiro atoms. The van der Waals surface area contributed by atoms with Crippen LogP contribution in [0.1, 0.15) is 23.1 Å². The number of nitrogens with zero attached hydrogens (tertiary/aromatic N) is 1. The van der Waals surface area contributed by atoms with E-state index in [2.05, 4.69) is 40.9 Å². The van der Waals surface area contributed by atoms with Crippen molar-refractivity contribution >= 4 is 32.7 Å². The van der Waals surface area contributed by atoms with Crippen LogP contribution in [-0.2, 0) is 22.9 Å². The lowest BCUT2D eigenvalue weighted by molar-refractivity contribution is 0.583. The number of thiophene rings is 1. The van der Waals surface area contributed by atoms with E-state index in [-0.39, 0.29) is 0 Å². The first-order valence-corrected chi connectivity index (χ1v) is 11.3. The van der Waals surface area contributed by atoms with Crippen LogP contribution in [0, 0.1) is 6.92 Å². The van der Waals surface area contributed by atoms with Crippen LogP contribution in [0.25, 0.3) is 10.6 Å². The summed E-state index contributed by atoms with van der Waals surface area (Å²) < 4.78 is 27.6. The molecular formula is C18H20N2O2S3. The molecule has 3 aromatic rings. The summed E-state index contributed by atoms with van der Waals surface area (Å²) in [6, 6.07) is 11.8. The molecule has 132 valence electrons. The van der Waals surface area contributed by atoms with Gasteiger partial charge in [0.05, 0.1) is 5.69 Å². The van der Waals surface area contributed by atoms with Crippen LogP contribution in [0.4, 0.5) is 0 Å². The summed E-state index contributed by atoms with van der Waals surface area (Å²) >= 11 is 2.91. The fourth-order valence-electron chi connectivity index (χ4n) is 2.33. The number of benzene rings is 1. The fraction of sp³-hybridized carbons (Fsp3) is 0.278. The third kappa shape index (κ3) is 4.55. The second kappa shape index (κ2) is 7.78.